The molecule has 1 fully saturated rings. The molecule has 1 unspecified atom stereocenters. The van der Waals surface area contributed by atoms with Crippen molar-refractivity contribution in [2.75, 3.05) is 0 Å². The Bertz CT molecular complexity index is 405. The Morgan fingerprint density at radius 1 is 1.25 bits per heavy atom. The third-order valence-electron chi connectivity index (χ3n) is 2.46. The zero-order valence-electron chi connectivity index (χ0n) is 8.25. The molecule has 1 aromatic rings. The van der Waals surface area contributed by atoms with Crippen LogP contribution in [0.25, 0.3) is 0 Å². The van der Waals surface area contributed by atoms with Gasteiger partial charge in [-0.15, -0.1) is 11.6 Å². The molecule has 1 aromatic carbocycles. The molecule has 5 heteroatoms. The van der Waals surface area contributed by atoms with Gasteiger partial charge >= 0.3 is 5.97 Å². The number of rotatable bonds is 3. The normalized spacial score (nSPS) is 26.2. The summed E-state index contributed by atoms with van der Waals surface area (Å²) < 4.78 is 3.86. The lowest BCUT2D eigenvalue weighted by molar-refractivity contribution is -0.145. The van der Waals surface area contributed by atoms with E-state index in [1.54, 1.807) is 0 Å². The zero-order valence-corrected chi connectivity index (χ0v) is 10.5. The van der Waals surface area contributed by atoms with Crippen LogP contribution in [0, 0.1) is 0 Å². The van der Waals surface area contributed by atoms with Gasteiger partial charge in [-0.05, 0) is 5.56 Å². The minimum atomic E-state index is -1.27. The number of halogens is 3. The van der Waals surface area contributed by atoms with Gasteiger partial charge in [0.2, 0.25) is 0 Å². The third-order valence-corrected chi connectivity index (χ3v) is 4.17. The van der Waals surface area contributed by atoms with Crippen molar-refractivity contribution in [3.05, 3.63) is 35.9 Å². The van der Waals surface area contributed by atoms with E-state index in [-0.39, 0.29) is 13.0 Å². The van der Waals surface area contributed by atoms with Gasteiger partial charge in [0.25, 0.3) is 0 Å². The lowest BCUT2D eigenvalue weighted by Gasteiger charge is -2.09. The van der Waals surface area contributed by atoms with Gasteiger partial charge in [-0.1, -0.05) is 53.5 Å². The maximum atomic E-state index is 11.6. The Kier molecular flexibility index (Phi) is 3.08. The van der Waals surface area contributed by atoms with Crippen LogP contribution < -0.4 is 0 Å². The second-order valence-corrected chi connectivity index (χ2v) is 5.87. The second kappa shape index (κ2) is 4.10. The van der Waals surface area contributed by atoms with E-state index in [0.29, 0.717) is 0 Å². The highest BCUT2D eigenvalue weighted by atomic mass is 35.5. The van der Waals surface area contributed by atoms with Crippen LogP contribution in [0.5, 0.6) is 0 Å². The van der Waals surface area contributed by atoms with Crippen molar-refractivity contribution in [3.63, 3.8) is 0 Å². The van der Waals surface area contributed by atoms with E-state index in [9.17, 15) is 4.79 Å². The molecule has 0 bridgehead atoms. The van der Waals surface area contributed by atoms with Crippen LogP contribution in [0.4, 0.5) is 0 Å². The van der Waals surface area contributed by atoms with Gasteiger partial charge in [-0.2, -0.15) is 0 Å². The molecule has 0 radical (unpaired) electrons. The summed E-state index contributed by atoms with van der Waals surface area (Å²) in [6, 6.07) is 9.33. The monoisotopic (exact) mass is 278 g/mol. The number of ether oxygens (including phenoxy) is 1. The molecule has 0 aliphatic heterocycles. The highest BCUT2D eigenvalue weighted by Gasteiger charge is 2.72. The highest BCUT2D eigenvalue weighted by molar-refractivity contribution is 6.61. The number of hydrogen-bond acceptors (Lipinski definition) is 2. The van der Waals surface area contributed by atoms with Crippen LogP contribution in [0.3, 0.4) is 0 Å². The Hall–Kier alpha value is -0.440. The molecule has 2 nitrogen and oxygen atoms in total. The first-order chi connectivity index (χ1) is 7.46. The molecular formula is C11H9Cl3O2. The van der Waals surface area contributed by atoms with Crippen LogP contribution in [-0.2, 0) is 16.1 Å². The van der Waals surface area contributed by atoms with Gasteiger partial charge in [0.1, 0.15) is 6.61 Å². The van der Waals surface area contributed by atoms with Crippen molar-refractivity contribution < 1.29 is 9.53 Å². The molecular weight excluding hydrogens is 270 g/mol. The van der Waals surface area contributed by atoms with E-state index >= 15 is 0 Å². The van der Waals surface area contributed by atoms with Crippen molar-refractivity contribution in [2.45, 2.75) is 22.2 Å². The molecule has 0 amide bonds. The van der Waals surface area contributed by atoms with Crippen LogP contribution >= 0.6 is 34.8 Å². The van der Waals surface area contributed by atoms with Gasteiger partial charge < -0.3 is 4.74 Å². The van der Waals surface area contributed by atoms with Crippen molar-refractivity contribution in [1.82, 2.24) is 0 Å². The average molecular weight is 280 g/mol. The van der Waals surface area contributed by atoms with E-state index < -0.39 is 15.2 Å². The van der Waals surface area contributed by atoms with E-state index in [1.807, 2.05) is 30.3 Å². The number of benzene rings is 1. The fraction of sp³-hybridized carbons (Fsp3) is 0.364. The first-order valence-electron chi connectivity index (χ1n) is 4.74. The smallest absolute Gasteiger partial charge is 0.330 e. The van der Waals surface area contributed by atoms with E-state index in [2.05, 4.69) is 0 Å². The Balaban J connectivity index is 1.91. The minimum absolute atomic E-state index is 0.179. The molecule has 86 valence electrons. The largest absolute Gasteiger partial charge is 0.459 e. The Morgan fingerprint density at radius 3 is 2.31 bits per heavy atom. The number of alkyl halides is 3. The zero-order chi connectivity index (χ0) is 11.8. The van der Waals surface area contributed by atoms with E-state index in [1.165, 1.54) is 0 Å². The SMILES string of the molecule is O=C(OCc1ccccc1)C1(Cl)CC1(Cl)Cl. The lowest BCUT2D eigenvalue weighted by atomic mass is 10.2. The summed E-state index contributed by atoms with van der Waals surface area (Å²) in [4.78, 5) is 10.3. The molecule has 1 saturated carbocycles. The third kappa shape index (κ3) is 2.15. The highest BCUT2D eigenvalue weighted by Crippen LogP contribution is 2.61. The Labute approximate surface area is 108 Å². The fourth-order valence-electron chi connectivity index (χ4n) is 1.32. The Morgan fingerprint density at radius 2 is 1.81 bits per heavy atom. The first-order valence-corrected chi connectivity index (χ1v) is 5.87. The predicted octanol–water partition coefficient (Wildman–Crippen LogP) is 3.29. The standard InChI is InChI=1S/C11H9Cl3O2/c12-10(7-11(10,13)14)9(15)16-6-8-4-2-1-3-5-8/h1-5H,6-7H2. The second-order valence-electron chi connectivity index (χ2n) is 3.74. The van der Waals surface area contributed by atoms with E-state index in [4.69, 9.17) is 39.5 Å². The van der Waals surface area contributed by atoms with E-state index in [0.717, 1.165) is 5.56 Å². The first kappa shape index (κ1) is 12.0. The van der Waals surface area contributed by atoms with Crippen LogP contribution in [0.1, 0.15) is 12.0 Å². The van der Waals surface area contributed by atoms with Crippen molar-refractivity contribution in [3.8, 4) is 0 Å². The molecule has 1 aliphatic rings. The summed E-state index contributed by atoms with van der Waals surface area (Å²) in [5.74, 6) is -0.567. The summed E-state index contributed by atoms with van der Waals surface area (Å²) in [6.45, 7) is 0.179. The summed E-state index contributed by atoms with van der Waals surface area (Å²) in [5.41, 5.74) is 0.895. The predicted molar refractivity (Wildman–Crippen MR) is 63.9 cm³/mol. The van der Waals surface area contributed by atoms with Crippen LogP contribution in [0.15, 0.2) is 30.3 Å². The van der Waals surface area contributed by atoms with Crippen LogP contribution in [0.2, 0.25) is 0 Å². The number of hydrogen-bond donors (Lipinski definition) is 0. The molecule has 0 spiro atoms. The summed E-state index contributed by atoms with van der Waals surface area (Å²) in [5, 5.41) is 0. The van der Waals surface area contributed by atoms with Gasteiger partial charge in [-0.25, -0.2) is 0 Å². The van der Waals surface area contributed by atoms with Gasteiger partial charge in [-0.3, -0.25) is 4.79 Å². The van der Waals surface area contributed by atoms with Gasteiger partial charge in [0.15, 0.2) is 9.21 Å². The fourth-order valence-corrected chi connectivity index (χ4v) is 2.27. The number of carbonyl (C=O) groups is 1. The molecule has 0 heterocycles. The van der Waals surface area contributed by atoms with Crippen molar-refractivity contribution in [2.24, 2.45) is 0 Å². The quantitative estimate of drug-likeness (QED) is 0.627. The number of esters is 1. The minimum Gasteiger partial charge on any atom is -0.459 e. The molecule has 1 atom stereocenters. The molecule has 0 N–H and O–H groups in total. The van der Waals surface area contributed by atoms with Crippen molar-refractivity contribution >= 4 is 40.8 Å². The molecule has 16 heavy (non-hydrogen) atoms. The maximum Gasteiger partial charge on any atom is 0.330 e. The van der Waals surface area contributed by atoms with Gasteiger partial charge in [0, 0.05) is 6.42 Å². The number of carbonyl (C=O) groups excluding carboxylic acids is 1. The lowest BCUT2D eigenvalue weighted by Crippen LogP contribution is -2.24. The summed E-state index contributed by atoms with van der Waals surface area (Å²) in [6.07, 6.45) is 0.221. The summed E-state index contributed by atoms with van der Waals surface area (Å²) in [7, 11) is 0. The molecule has 2 rings (SSSR count). The maximum absolute atomic E-state index is 11.6. The molecule has 0 saturated heterocycles. The van der Waals surface area contributed by atoms with Crippen LogP contribution in [-0.4, -0.2) is 15.2 Å². The molecule has 1 aliphatic carbocycles. The van der Waals surface area contributed by atoms with Crippen molar-refractivity contribution in [1.29, 1.82) is 0 Å². The topological polar surface area (TPSA) is 26.3 Å². The summed E-state index contributed by atoms with van der Waals surface area (Å²) >= 11 is 17.4. The average Bonchev–Trinajstić information content (AvgIpc) is 2.78. The molecule has 0 aromatic heterocycles. The van der Waals surface area contributed by atoms with Gasteiger partial charge in [0.05, 0.1) is 0 Å².